The van der Waals surface area contributed by atoms with E-state index in [9.17, 15) is 0 Å². The molecule has 0 amide bonds. The zero-order chi connectivity index (χ0) is 13.1. The molecule has 2 aliphatic rings. The van der Waals surface area contributed by atoms with Crippen molar-refractivity contribution in [2.75, 3.05) is 26.4 Å². The molecule has 19 heavy (non-hydrogen) atoms. The molecule has 1 saturated heterocycles. The van der Waals surface area contributed by atoms with Crippen molar-refractivity contribution in [3.8, 4) is 0 Å². The Morgan fingerprint density at radius 1 is 1.26 bits per heavy atom. The maximum absolute atomic E-state index is 5.63. The highest BCUT2D eigenvalue weighted by Gasteiger charge is 2.30. The Bertz CT molecular complexity index is 414. The average Bonchev–Trinajstić information content (AvgIpc) is 2.38. The van der Waals surface area contributed by atoms with E-state index >= 15 is 0 Å². The van der Waals surface area contributed by atoms with E-state index in [1.165, 1.54) is 22.9 Å². The lowest BCUT2D eigenvalue weighted by molar-refractivity contribution is -0.0878. The standard InChI is InChI=1S/C15H20BrNO2/c16-13-3-1-2-11(6-13)12-7-14(8-12)17-9-15-10-18-4-5-19-15/h1-3,6,12,14-15,17H,4-5,7-10H2. The van der Waals surface area contributed by atoms with E-state index < -0.39 is 0 Å². The lowest BCUT2D eigenvalue weighted by atomic mass is 9.76. The fraction of sp³-hybridized carbons (Fsp3) is 0.600. The molecule has 0 spiro atoms. The number of hydrogen-bond donors (Lipinski definition) is 1. The van der Waals surface area contributed by atoms with Crippen LogP contribution in [-0.2, 0) is 9.47 Å². The van der Waals surface area contributed by atoms with Gasteiger partial charge in [0, 0.05) is 17.1 Å². The van der Waals surface area contributed by atoms with Crippen LogP contribution in [0.15, 0.2) is 28.7 Å². The van der Waals surface area contributed by atoms with Crippen LogP contribution in [0.1, 0.15) is 24.3 Å². The first-order valence-corrected chi connectivity index (χ1v) is 7.79. The maximum atomic E-state index is 5.63. The van der Waals surface area contributed by atoms with Gasteiger partial charge in [-0.05, 0) is 36.5 Å². The van der Waals surface area contributed by atoms with Crippen molar-refractivity contribution in [1.29, 1.82) is 0 Å². The molecule has 1 aromatic carbocycles. The Morgan fingerprint density at radius 3 is 2.89 bits per heavy atom. The van der Waals surface area contributed by atoms with Gasteiger partial charge in [-0.3, -0.25) is 0 Å². The van der Waals surface area contributed by atoms with Crippen molar-refractivity contribution in [3.05, 3.63) is 34.3 Å². The molecule has 1 aliphatic carbocycles. The van der Waals surface area contributed by atoms with Crippen molar-refractivity contribution in [2.45, 2.75) is 30.9 Å². The normalized spacial score (nSPS) is 30.9. The second-order valence-corrected chi connectivity index (χ2v) is 6.31. The number of halogens is 1. The molecular weight excluding hydrogens is 306 g/mol. The smallest absolute Gasteiger partial charge is 0.0933 e. The second-order valence-electron chi connectivity index (χ2n) is 5.40. The predicted molar refractivity (Wildman–Crippen MR) is 78.5 cm³/mol. The van der Waals surface area contributed by atoms with Gasteiger partial charge < -0.3 is 14.8 Å². The van der Waals surface area contributed by atoms with Crippen LogP contribution in [-0.4, -0.2) is 38.5 Å². The van der Waals surface area contributed by atoms with Gasteiger partial charge in [0.25, 0.3) is 0 Å². The summed E-state index contributed by atoms with van der Waals surface area (Å²) in [6, 6.07) is 9.29. The Morgan fingerprint density at radius 2 is 2.16 bits per heavy atom. The van der Waals surface area contributed by atoms with Gasteiger partial charge in [-0.1, -0.05) is 28.1 Å². The Kier molecular flexibility index (Phi) is 4.53. The fourth-order valence-corrected chi connectivity index (χ4v) is 3.19. The van der Waals surface area contributed by atoms with Crippen LogP contribution in [0.4, 0.5) is 0 Å². The summed E-state index contributed by atoms with van der Waals surface area (Å²) < 4.78 is 12.2. The minimum atomic E-state index is 0.235. The summed E-state index contributed by atoms with van der Waals surface area (Å²) in [6.45, 7) is 3.12. The summed E-state index contributed by atoms with van der Waals surface area (Å²) in [7, 11) is 0. The Balaban J connectivity index is 1.40. The first kappa shape index (κ1) is 13.6. The highest BCUT2D eigenvalue weighted by atomic mass is 79.9. The summed E-state index contributed by atoms with van der Waals surface area (Å²) in [6.07, 6.45) is 2.69. The molecule has 0 aromatic heterocycles. The monoisotopic (exact) mass is 325 g/mol. The van der Waals surface area contributed by atoms with Crippen LogP contribution >= 0.6 is 15.9 Å². The van der Waals surface area contributed by atoms with Gasteiger partial charge in [0.2, 0.25) is 0 Å². The highest BCUT2D eigenvalue weighted by Crippen LogP contribution is 2.37. The third-order valence-electron chi connectivity index (χ3n) is 3.98. The minimum absolute atomic E-state index is 0.235. The summed E-state index contributed by atoms with van der Waals surface area (Å²) in [4.78, 5) is 0. The molecule has 1 aliphatic heterocycles. The Hall–Kier alpha value is -0.420. The van der Waals surface area contributed by atoms with Crippen molar-refractivity contribution in [2.24, 2.45) is 0 Å². The van der Waals surface area contributed by atoms with E-state index in [2.05, 4.69) is 45.5 Å². The topological polar surface area (TPSA) is 30.5 Å². The molecule has 1 unspecified atom stereocenters. The summed E-state index contributed by atoms with van der Waals surface area (Å²) >= 11 is 3.54. The highest BCUT2D eigenvalue weighted by molar-refractivity contribution is 9.10. The molecule has 3 rings (SSSR count). The molecule has 4 heteroatoms. The molecule has 0 bridgehead atoms. The van der Waals surface area contributed by atoms with Gasteiger partial charge in [-0.2, -0.15) is 0 Å². The first-order valence-electron chi connectivity index (χ1n) is 6.99. The summed E-state index contributed by atoms with van der Waals surface area (Å²) in [5, 5.41) is 3.59. The molecule has 0 radical (unpaired) electrons. The van der Waals surface area contributed by atoms with Crippen LogP contribution < -0.4 is 5.32 Å². The number of rotatable bonds is 4. The van der Waals surface area contributed by atoms with Crippen molar-refractivity contribution in [3.63, 3.8) is 0 Å². The van der Waals surface area contributed by atoms with Crippen LogP contribution in [0.25, 0.3) is 0 Å². The van der Waals surface area contributed by atoms with Crippen LogP contribution in [0.5, 0.6) is 0 Å². The van der Waals surface area contributed by atoms with Gasteiger partial charge >= 0.3 is 0 Å². The van der Waals surface area contributed by atoms with E-state index in [0.29, 0.717) is 12.0 Å². The lowest BCUT2D eigenvalue weighted by Crippen LogP contribution is -2.46. The predicted octanol–water partition coefficient (Wildman–Crippen LogP) is 2.70. The minimum Gasteiger partial charge on any atom is -0.376 e. The molecule has 1 saturated carbocycles. The fourth-order valence-electron chi connectivity index (χ4n) is 2.77. The molecule has 2 fully saturated rings. The van der Waals surface area contributed by atoms with E-state index in [-0.39, 0.29) is 6.10 Å². The third-order valence-corrected chi connectivity index (χ3v) is 4.47. The molecule has 1 N–H and O–H groups in total. The number of benzene rings is 1. The molecular formula is C15H20BrNO2. The van der Waals surface area contributed by atoms with Gasteiger partial charge in [0.05, 0.1) is 25.9 Å². The Labute approximate surface area is 122 Å². The molecule has 3 nitrogen and oxygen atoms in total. The summed E-state index contributed by atoms with van der Waals surface area (Å²) in [5.41, 5.74) is 1.45. The van der Waals surface area contributed by atoms with Gasteiger partial charge in [-0.25, -0.2) is 0 Å². The van der Waals surface area contributed by atoms with E-state index in [4.69, 9.17) is 9.47 Å². The number of nitrogens with one attached hydrogen (secondary N) is 1. The molecule has 1 atom stereocenters. The van der Waals surface area contributed by atoms with Crippen LogP contribution in [0.3, 0.4) is 0 Å². The largest absolute Gasteiger partial charge is 0.376 e. The quantitative estimate of drug-likeness (QED) is 0.923. The van der Waals surface area contributed by atoms with Crippen LogP contribution in [0.2, 0.25) is 0 Å². The van der Waals surface area contributed by atoms with E-state index in [0.717, 1.165) is 26.4 Å². The summed E-state index contributed by atoms with van der Waals surface area (Å²) in [5.74, 6) is 0.707. The SMILES string of the molecule is Brc1cccc(C2CC(NCC3COCCO3)C2)c1. The average molecular weight is 326 g/mol. The van der Waals surface area contributed by atoms with Gasteiger partial charge in [0.15, 0.2) is 0 Å². The van der Waals surface area contributed by atoms with Crippen molar-refractivity contribution < 1.29 is 9.47 Å². The third kappa shape index (κ3) is 3.57. The maximum Gasteiger partial charge on any atom is 0.0933 e. The first-order chi connectivity index (χ1) is 9.31. The van der Waals surface area contributed by atoms with E-state index in [1.54, 1.807) is 0 Å². The zero-order valence-electron chi connectivity index (χ0n) is 11.0. The van der Waals surface area contributed by atoms with Gasteiger partial charge in [-0.15, -0.1) is 0 Å². The van der Waals surface area contributed by atoms with Gasteiger partial charge in [0.1, 0.15) is 0 Å². The number of ether oxygens (including phenoxy) is 2. The van der Waals surface area contributed by atoms with Crippen molar-refractivity contribution in [1.82, 2.24) is 5.32 Å². The van der Waals surface area contributed by atoms with E-state index in [1.807, 2.05) is 0 Å². The zero-order valence-corrected chi connectivity index (χ0v) is 12.6. The molecule has 104 valence electrons. The second kappa shape index (κ2) is 6.35. The van der Waals surface area contributed by atoms with Crippen LogP contribution in [0, 0.1) is 0 Å². The molecule has 1 aromatic rings. The molecule has 1 heterocycles. The van der Waals surface area contributed by atoms with Crippen molar-refractivity contribution >= 4 is 15.9 Å². The lowest BCUT2D eigenvalue weighted by Gasteiger charge is -2.37. The number of hydrogen-bond acceptors (Lipinski definition) is 3.